The average Bonchev–Trinajstić information content (AvgIpc) is 2.85. The molecule has 1 unspecified atom stereocenters. The third-order valence-electron chi connectivity index (χ3n) is 3.15. The largest absolute Gasteiger partial charge is 0.453 e. The highest BCUT2D eigenvalue weighted by atomic mass is 35.5. The van der Waals surface area contributed by atoms with Crippen LogP contribution in [-0.4, -0.2) is 43.1 Å². The van der Waals surface area contributed by atoms with Crippen LogP contribution in [0.4, 0.5) is 10.5 Å². The Labute approximate surface area is 121 Å². The average molecular weight is 298 g/mol. The smallest absolute Gasteiger partial charge is 0.407 e. The molecule has 20 heavy (non-hydrogen) atoms. The Bertz CT molecular complexity index is 515. The molecule has 1 aliphatic rings. The number of amides is 2. The molecule has 0 aromatic heterocycles. The van der Waals surface area contributed by atoms with Gasteiger partial charge in [0.15, 0.2) is 0 Å². The number of carbonyl (C=O) groups excluding carboxylic acids is 2. The lowest BCUT2D eigenvalue weighted by Crippen LogP contribution is -2.38. The Morgan fingerprint density at radius 2 is 2.20 bits per heavy atom. The maximum Gasteiger partial charge on any atom is 0.407 e. The lowest BCUT2D eigenvalue weighted by molar-refractivity contribution is 0.0788. The second kappa shape index (κ2) is 6.00. The predicted molar refractivity (Wildman–Crippen MR) is 75.7 cm³/mol. The van der Waals surface area contributed by atoms with E-state index in [1.165, 1.54) is 7.11 Å². The van der Waals surface area contributed by atoms with Crippen LogP contribution < -0.4 is 11.1 Å². The molecular weight excluding hydrogens is 282 g/mol. The van der Waals surface area contributed by atoms with Crippen LogP contribution in [-0.2, 0) is 4.74 Å². The molecule has 6 nitrogen and oxygen atoms in total. The van der Waals surface area contributed by atoms with Crippen molar-refractivity contribution in [1.29, 1.82) is 0 Å². The zero-order valence-corrected chi connectivity index (χ0v) is 11.8. The van der Waals surface area contributed by atoms with Crippen LogP contribution >= 0.6 is 11.6 Å². The molecule has 0 saturated carbocycles. The highest BCUT2D eigenvalue weighted by molar-refractivity contribution is 6.31. The van der Waals surface area contributed by atoms with Crippen molar-refractivity contribution in [3.63, 3.8) is 0 Å². The van der Waals surface area contributed by atoms with Gasteiger partial charge in [0.05, 0.1) is 13.2 Å². The van der Waals surface area contributed by atoms with Crippen LogP contribution in [0.2, 0.25) is 5.02 Å². The monoisotopic (exact) mass is 297 g/mol. The molecule has 2 rings (SSSR count). The van der Waals surface area contributed by atoms with E-state index in [4.69, 9.17) is 17.3 Å². The van der Waals surface area contributed by atoms with Crippen molar-refractivity contribution in [3.05, 3.63) is 28.8 Å². The number of carbonyl (C=O) groups is 2. The summed E-state index contributed by atoms with van der Waals surface area (Å²) in [6.07, 6.45) is 0.202. The molecule has 1 aromatic rings. The first-order chi connectivity index (χ1) is 9.49. The second-order valence-electron chi connectivity index (χ2n) is 4.65. The zero-order valence-electron chi connectivity index (χ0n) is 11.1. The van der Waals surface area contributed by atoms with Crippen LogP contribution in [0.1, 0.15) is 16.8 Å². The van der Waals surface area contributed by atoms with E-state index >= 15 is 0 Å². The Balaban J connectivity index is 2.02. The van der Waals surface area contributed by atoms with Crippen molar-refractivity contribution >= 4 is 29.3 Å². The molecule has 0 radical (unpaired) electrons. The van der Waals surface area contributed by atoms with Crippen LogP contribution in [0.25, 0.3) is 0 Å². The molecular formula is C13H16ClN3O3. The van der Waals surface area contributed by atoms with Crippen LogP contribution in [0.3, 0.4) is 0 Å². The quantitative estimate of drug-likeness (QED) is 0.810. The maximum atomic E-state index is 12.3. The van der Waals surface area contributed by atoms with E-state index in [-0.39, 0.29) is 11.9 Å². The van der Waals surface area contributed by atoms with Gasteiger partial charge in [0.25, 0.3) is 5.91 Å². The summed E-state index contributed by atoms with van der Waals surface area (Å²) >= 11 is 5.89. The number of hydrogen-bond acceptors (Lipinski definition) is 4. The summed E-state index contributed by atoms with van der Waals surface area (Å²) in [5.74, 6) is -0.145. The number of ether oxygens (including phenoxy) is 1. The van der Waals surface area contributed by atoms with Gasteiger partial charge in [0, 0.05) is 29.4 Å². The molecule has 0 bridgehead atoms. The van der Waals surface area contributed by atoms with Crippen molar-refractivity contribution in [1.82, 2.24) is 10.2 Å². The number of halogens is 1. The van der Waals surface area contributed by atoms with Gasteiger partial charge in [-0.25, -0.2) is 4.79 Å². The standard InChI is InChI=1S/C13H16ClN3O3/c1-20-13(19)16-11-2-3-17(7-11)12(18)8-4-9(14)6-10(15)5-8/h4-6,11H,2-3,7,15H2,1H3,(H,16,19). The molecule has 1 aliphatic heterocycles. The highest BCUT2D eigenvalue weighted by Gasteiger charge is 2.28. The topological polar surface area (TPSA) is 84.7 Å². The van der Waals surface area contributed by atoms with E-state index in [2.05, 4.69) is 10.1 Å². The lowest BCUT2D eigenvalue weighted by atomic mass is 10.2. The van der Waals surface area contributed by atoms with E-state index in [0.717, 1.165) is 0 Å². The number of methoxy groups -OCH3 is 1. The first-order valence-corrected chi connectivity index (χ1v) is 6.57. The van der Waals surface area contributed by atoms with Crippen molar-refractivity contribution < 1.29 is 14.3 Å². The van der Waals surface area contributed by atoms with Gasteiger partial charge in [0.1, 0.15) is 0 Å². The van der Waals surface area contributed by atoms with E-state index in [0.29, 0.717) is 35.8 Å². The van der Waals surface area contributed by atoms with Gasteiger partial charge in [-0.15, -0.1) is 0 Å². The van der Waals surface area contributed by atoms with Gasteiger partial charge >= 0.3 is 6.09 Å². The third kappa shape index (κ3) is 3.33. The van der Waals surface area contributed by atoms with Crippen LogP contribution in [0.15, 0.2) is 18.2 Å². The predicted octanol–water partition coefficient (Wildman–Crippen LogP) is 1.49. The minimum atomic E-state index is -0.490. The lowest BCUT2D eigenvalue weighted by Gasteiger charge is -2.17. The molecule has 1 saturated heterocycles. The van der Waals surface area contributed by atoms with Crippen molar-refractivity contribution in [2.75, 3.05) is 25.9 Å². The molecule has 1 heterocycles. The fourth-order valence-electron chi connectivity index (χ4n) is 2.21. The molecule has 108 valence electrons. The summed E-state index contributed by atoms with van der Waals surface area (Å²) in [6.45, 7) is 1.01. The fourth-order valence-corrected chi connectivity index (χ4v) is 2.45. The third-order valence-corrected chi connectivity index (χ3v) is 3.37. The summed E-state index contributed by atoms with van der Waals surface area (Å²) in [4.78, 5) is 25.1. The first-order valence-electron chi connectivity index (χ1n) is 6.19. The number of benzene rings is 1. The van der Waals surface area contributed by atoms with Crippen LogP contribution in [0, 0.1) is 0 Å². The zero-order chi connectivity index (χ0) is 14.7. The number of hydrogen-bond donors (Lipinski definition) is 2. The Morgan fingerprint density at radius 3 is 2.85 bits per heavy atom. The van der Waals surface area contributed by atoms with Crippen molar-refractivity contribution in [2.24, 2.45) is 0 Å². The summed E-state index contributed by atoms with van der Waals surface area (Å²) in [5.41, 5.74) is 6.58. The Hall–Kier alpha value is -1.95. The van der Waals surface area contributed by atoms with Gasteiger partial charge in [0.2, 0.25) is 0 Å². The minimum Gasteiger partial charge on any atom is -0.453 e. The molecule has 0 aliphatic carbocycles. The number of nitrogens with two attached hydrogens (primary N) is 1. The Morgan fingerprint density at radius 1 is 1.45 bits per heavy atom. The van der Waals surface area contributed by atoms with E-state index in [1.54, 1.807) is 23.1 Å². The maximum absolute atomic E-state index is 12.3. The normalized spacial score (nSPS) is 17.9. The number of nitrogens with one attached hydrogen (secondary N) is 1. The molecule has 0 spiro atoms. The number of likely N-dealkylation sites (tertiary alicyclic amines) is 1. The number of rotatable bonds is 2. The SMILES string of the molecule is COC(=O)NC1CCN(C(=O)c2cc(N)cc(Cl)c2)C1. The van der Waals surface area contributed by atoms with Gasteiger partial charge in [-0.2, -0.15) is 0 Å². The summed E-state index contributed by atoms with van der Waals surface area (Å²) in [5, 5.41) is 3.11. The molecule has 1 fully saturated rings. The second-order valence-corrected chi connectivity index (χ2v) is 5.08. The number of nitrogen functional groups attached to an aromatic ring is 1. The number of nitrogens with zero attached hydrogens (tertiary/aromatic N) is 1. The molecule has 1 atom stereocenters. The summed E-state index contributed by atoms with van der Waals surface area (Å²) < 4.78 is 4.54. The molecule has 3 N–H and O–H groups in total. The van der Waals surface area contributed by atoms with E-state index < -0.39 is 6.09 Å². The minimum absolute atomic E-state index is 0.0945. The van der Waals surface area contributed by atoms with Gasteiger partial charge in [-0.1, -0.05) is 11.6 Å². The first kappa shape index (κ1) is 14.5. The van der Waals surface area contributed by atoms with Gasteiger partial charge < -0.3 is 20.7 Å². The van der Waals surface area contributed by atoms with Crippen LogP contribution in [0.5, 0.6) is 0 Å². The van der Waals surface area contributed by atoms with Gasteiger partial charge in [-0.05, 0) is 24.6 Å². The molecule has 7 heteroatoms. The summed E-state index contributed by atoms with van der Waals surface area (Å²) in [7, 11) is 1.31. The molecule has 1 aromatic carbocycles. The van der Waals surface area contributed by atoms with Crippen molar-refractivity contribution in [2.45, 2.75) is 12.5 Å². The Kier molecular flexibility index (Phi) is 4.34. The van der Waals surface area contributed by atoms with Crippen molar-refractivity contribution in [3.8, 4) is 0 Å². The van der Waals surface area contributed by atoms with E-state index in [1.807, 2.05) is 0 Å². The number of alkyl carbamates (subject to hydrolysis) is 1. The summed E-state index contributed by atoms with van der Waals surface area (Å²) in [6, 6.07) is 4.67. The molecule has 2 amide bonds. The fraction of sp³-hybridized carbons (Fsp3) is 0.385. The van der Waals surface area contributed by atoms with E-state index in [9.17, 15) is 9.59 Å². The highest BCUT2D eigenvalue weighted by Crippen LogP contribution is 2.20. The number of anilines is 1. The van der Waals surface area contributed by atoms with Gasteiger partial charge in [-0.3, -0.25) is 4.79 Å².